The second kappa shape index (κ2) is 8.85. The van der Waals surface area contributed by atoms with Crippen LogP contribution in [0.1, 0.15) is 37.9 Å². The number of nitrogens with zero attached hydrogens (tertiary/aromatic N) is 3. The third-order valence-electron chi connectivity index (χ3n) is 4.47. The van der Waals surface area contributed by atoms with E-state index in [0.29, 0.717) is 12.5 Å². The number of rotatable bonds is 8. The van der Waals surface area contributed by atoms with Crippen LogP contribution in [-0.2, 0) is 13.0 Å². The molecule has 1 aliphatic heterocycles. The minimum Gasteiger partial charge on any atom is -0.497 e. The molecule has 0 N–H and O–H groups in total. The minimum absolute atomic E-state index is 0.512. The maximum atomic E-state index is 5.96. The van der Waals surface area contributed by atoms with Crippen LogP contribution in [0.15, 0.2) is 28.8 Å². The average molecular weight is 345 g/mol. The molecule has 2 aromatic rings. The third-order valence-corrected chi connectivity index (χ3v) is 4.47. The highest BCUT2D eigenvalue weighted by Gasteiger charge is 2.22. The Morgan fingerprint density at radius 3 is 3.04 bits per heavy atom. The zero-order chi connectivity index (χ0) is 17.5. The van der Waals surface area contributed by atoms with Crippen LogP contribution in [0.4, 0.5) is 0 Å². The van der Waals surface area contributed by atoms with Crippen molar-refractivity contribution >= 4 is 0 Å². The Kier molecular flexibility index (Phi) is 6.28. The molecule has 1 aromatic heterocycles. The van der Waals surface area contributed by atoms with Crippen molar-refractivity contribution in [3.8, 4) is 11.5 Å². The molecule has 25 heavy (non-hydrogen) atoms. The molecule has 1 fully saturated rings. The summed E-state index contributed by atoms with van der Waals surface area (Å²) < 4.78 is 16.6. The van der Waals surface area contributed by atoms with Gasteiger partial charge >= 0.3 is 0 Å². The standard InChI is InChI=1S/C19H27N3O3/c1-3-6-18-20-19(25-21-18)13-22-10-5-7-15(12-22)14-24-17-9-4-8-16(11-17)23-2/h4,8-9,11,15H,3,5-7,10,12-14H2,1-2H3. The number of methoxy groups -OCH3 is 1. The van der Waals surface area contributed by atoms with Crippen molar-refractivity contribution < 1.29 is 14.0 Å². The molecule has 0 radical (unpaired) electrons. The molecule has 0 spiro atoms. The summed E-state index contributed by atoms with van der Waals surface area (Å²) >= 11 is 0. The van der Waals surface area contributed by atoms with Crippen molar-refractivity contribution in [2.75, 3.05) is 26.8 Å². The topological polar surface area (TPSA) is 60.6 Å². The van der Waals surface area contributed by atoms with Gasteiger partial charge in [0.05, 0.1) is 20.3 Å². The number of benzene rings is 1. The van der Waals surface area contributed by atoms with E-state index in [2.05, 4.69) is 22.0 Å². The molecule has 0 bridgehead atoms. The van der Waals surface area contributed by atoms with Crippen LogP contribution >= 0.6 is 0 Å². The SMILES string of the molecule is CCCc1noc(CN2CCCC(COc3cccc(OC)c3)C2)n1. The van der Waals surface area contributed by atoms with E-state index in [1.807, 2.05) is 24.3 Å². The zero-order valence-electron chi connectivity index (χ0n) is 15.1. The Morgan fingerprint density at radius 1 is 1.32 bits per heavy atom. The molecule has 1 atom stereocenters. The van der Waals surface area contributed by atoms with Gasteiger partial charge in [0.1, 0.15) is 11.5 Å². The lowest BCUT2D eigenvalue weighted by Crippen LogP contribution is -2.37. The molecule has 0 aliphatic carbocycles. The summed E-state index contributed by atoms with van der Waals surface area (Å²) in [5, 5.41) is 4.03. The second-order valence-electron chi connectivity index (χ2n) is 6.59. The van der Waals surface area contributed by atoms with Crippen molar-refractivity contribution in [1.82, 2.24) is 15.0 Å². The van der Waals surface area contributed by atoms with Crippen LogP contribution < -0.4 is 9.47 Å². The lowest BCUT2D eigenvalue weighted by atomic mass is 9.99. The molecule has 1 aromatic carbocycles. The molecule has 1 unspecified atom stereocenters. The fourth-order valence-electron chi connectivity index (χ4n) is 3.21. The van der Waals surface area contributed by atoms with Crippen molar-refractivity contribution in [3.05, 3.63) is 36.0 Å². The molecule has 1 aliphatic rings. The van der Waals surface area contributed by atoms with Crippen molar-refractivity contribution in [1.29, 1.82) is 0 Å². The molecular formula is C19H27N3O3. The molecule has 3 rings (SSSR count). The van der Waals surface area contributed by atoms with Crippen LogP contribution in [-0.4, -0.2) is 41.8 Å². The molecule has 1 saturated heterocycles. The minimum atomic E-state index is 0.512. The molecule has 6 heteroatoms. The predicted octanol–water partition coefficient (Wildman–Crippen LogP) is 3.32. The maximum Gasteiger partial charge on any atom is 0.240 e. The van der Waals surface area contributed by atoms with E-state index >= 15 is 0 Å². The predicted molar refractivity (Wildman–Crippen MR) is 94.8 cm³/mol. The van der Waals surface area contributed by atoms with Gasteiger partial charge in [-0.1, -0.05) is 18.1 Å². The van der Waals surface area contributed by atoms with Gasteiger partial charge in [-0.3, -0.25) is 4.90 Å². The Hall–Kier alpha value is -2.08. The first-order chi connectivity index (χ1) is 12.3. The Balaban J connectivity index is 1.48. The van der Waals surface area contributed by atoms with Gasteiger partial charge in [-0.15, -0.1) is 0 Å². The number of ether oxygens (including phenoxy) is 2. The zero-order valence-corrected chi connectivity index (χ0v) is 15.1. The van der Waals surface area contributed by atoms with Crippen LogP contribution in [0.25, 0.3) is 0 Å². The summed E-state index contributed by atoms with van der Waals surface area (Å²) in [6.07, 6.45) is 4.26. The van der Waals surface area contributed by atoms with Crippen molar-refractivity contribution in [2.24, 2.45) is 5.92 Å². The fourth-order valence-corrected chi connectivity index (χ4v) is 3.21. The van der Waals surface area contributed by atoms with Crippen molar-refractivity contribution in [2.45, 2.75) is 39.2 Å². The lowest BCUT2D eigenvalue weighted by molar-refractivity contribution is 0.115. The number of hydrogen-bond acceptors (Lipinski definition) is 6. The first-order valence-electron chi connectivity index (χ1n) is 9.07. The smallest absolute Gasteiger partial charge is 0.240 e. The first kappa shape index (κ1) is 17.7. The van der Waals surface area contributed by atoms with E-state index in [4.69, 9.17) is 14.0 Å². The number of likely N-dealkylation sites (tertiary alicyclic amines) is 1. The molecule has 136 valence electrons. The largest absolute Gasteiger partial charge is 0.497 e. The average Bonchev–Trinajstić information content (AvgIpc) is 3.08. The van der Waals surface area contributed by atoms with Crippen LogP contribution in [0, 0.1) is 5.92 Å². The summed E-state index contributed by atoms with van der Waals surface area (Å²) in [5.41, 5.74) is 0. The van der Waals surface area contributed by atoms with E-state index < -0.39 is 0 Å². The number of aromatic nitrogens is 2. The number of aryl methyl sites for hydroxylation is 1. The third kappa shape index (κ3) is 5.19. The maximum absolute atomic E-state index is 5.96. The van der Waals surface area contributed by atoms with Gasteiger partial charge in [0.25, 0.3) is 0 Å². The summed E-state index contributed by atoms with van der Waals surface area (Å²) in [4.78, 5) is 6.85. The van der Waals surface area contributed by atoms with Gasteiger partial charge in [0.2, 0.25) is 5.89 Å². The monoisotopic (exact) mass is 345 g/mol. The number of hydrogen-bond donors (Lipinski definition) is 0. The Labute approximate surface area is 149 Å². The highest BCUT2D eigenvalue weighted by atomic mass is 16.5. The highest BCUT2D eigenvalue weighted by molar-refractivity contribution is 5.32. The second-order valence-corrected chi connectivity index (χ2v) is 6.59. The van der Waals surface area contributed by atoms with E-state index in [9.17, 15) is 0 Å². The fraction of sp³-hybridized carbons (Fsp3) is 0.579. The normalized spacial score (nSPS) is 18.2. The molecule has 6 nitrogen and oxygen atoms in total. The summed E-state index contributed by atoms with van der Waals surface area (Å²) in [6, 6.07) is 7.77. The van der Waals surface area contributed by atoms with Crippen LogP contribution in [0.3, 0.4) is 0 Å². The molecule has 0 amide bonds. The van der Waals surface area contributed by atoms with Gasteiger partial charge < -0.3 is 14.0 Å². The van der Waals surface area contributed by atoms with Gasteiger partial charge in [-0.2, -0.15) is 4.98 Å². The quantitative estimate of drug-likeness (QED) is 0.731. The molecular weight excluding hydrogens is 318 g/mol. The van der Waals surface area contributed by atoms with Crippen molar-refractivity contribution in [3.63, 3.8) is 0 Å². The van der Waals surface area contributed by atoms with E-state index in [0.717, 1.165) is 55.7 Å². The number of piperidine rings is 1. The molecule has 0 saturated carbocycles. The van der Waals surface area contributed by atoms with Crippen LogP contribution in [0.5, 0.6) is 11.5 Å². The van der Waals surface area contributed by atoms with E-state index in [-0.39, 0.29) is 0 Å². The van der Waals surface area contributed by atoms with Gasteiger partial charge in [-0.05, 0) is 37.9 Å². The first-order valence-corrected chi connectivity index (χ1v) is 9.07. The van der Waals surface area contributed by atoms with Gasteiger partial charge in [0, 0.05) is 24.9 Å². The summed E-state index contributed by atoms with van der Waals surface area (Å²) in [7, 11) is 1.67. The van der Waals surface area contributed by atoms with Gasteiger partial charge in [0.15, 0.2) is 5.82 Å². The van der Waals surface area contributed by atoms with Gasteiger partial charge in [-0.25, -0.2) is 0 Å². The Bertz CT molecular complexity index is 659. The van der Waals surface area contributed by atoms with E-state index in [1.165, 1.54) is 12.8 Å². The lowest BCUT2D eigenvalue weighted by Gasteiger charge is -2.31. The summed E-state index contributed by atoms with van der Waals surface area (Å²) in [5.74, 6) is 3.72. The highest BCUT2D eigenvalue weighted by Crippen LogP contribution is 2.22. The Morgan fingerprint density at radius 2 is 2.20 bits per heavy atom. The summed E-state index contributed by atoms with van der Waals surface area (Å²) in [6.45, 7) is 5.63. The van der Waals surface area contributed by atoms with Crippen LogP contribution in [0.2, 0.25) is 0 Å². The van der Waals surface area contributed by atoms with E-state index in [1.54, 1.807) is 7.11 Å². The molecule has 2 heterocycles.